The van der Waals surface area contributed by atoms with Crippen LogP contribution in [0.25, 0.3) is 0 Å². The second-order valence-corrected chi connectivity index (χ2v) is 2.45. The van der Waals surface area contributed by atoms with Gasteiger partial charge in [-0.2, -0.15) is 0 Å². The molecule has 3 nitrogen and oxygen atoms in total. The minimum atomic E-state index is -1.87. The quantitative estimate of drug-likeness (QED) is 0.601. The van der Waals surface area contributed by atoms with Crippen molar-refractivity contribution >= 4 is 26.7 Å². The Kier molecular flexibility index (Phi) is 6.67. The summed E-state index contributed by atoms with van der Waals surface area (Å²) >= 11 is 0. The van der Waals surface area contributed by atoms with Crippen molar-refractivity contribution in [1.29, 1.82) is 0 Å². The first-order valence-electron chi connectivity index (χ1n) is 1.94. The van der Waals surface area contributed by atoms with E-state index in [-0.39, 0.29) is 0 Å². The van der Waals surface area contributed by atoms with E-state index in [1.807, 2.05) is 0 Å². The molecule has 0 aromatic carbocycles. The van der Waals surface area contributed by atoms with E-state index in [0.29, 0.717) is 12.7 Å². The number of hydrogen-bond donors (Lipinski definition) is 0. The molecule has 6 heteroatoms. The fourth-order valence-corrected chi connectivity index (χ4v) is 1.21. The molecule has 0 aliphatic rings. The van der Waals surface area contributed by atoms with Crippen LogP contribution in [0, 0.1) is 0 Å². The fourth-order valence-electron chi connectivity index (χ4n) is 0.159. The molecule has 0 saturated carbocycles. The van der Waals surface area contributed by atoms with Gasteiger partial charge in [-0.25, -0.2) is 0 Å². The average molecular weight is 173 g/mol. The molecule has 0 rings (SSSR count). The standard InChI is InChI=1S/C2H8O3P3/c3-8(4-1-6)5-2-7/h1-2,6-7H2/q+1. The van der Waals surface area contributed by atoms with Gasteiger partial charge in [-0.3, -0.25) is 0 Å². The lowest BCUT2D eigenvalue weighted by molar-refractivity contribution is 0.284. The molecule has 8 heavy (non-hydrogen) atoms. The minimum Gasteiger partial charge on any atom is -0.115 e. The maximum atomic E-state index is 10.3. The van der Waals surface area contributed by atoms with Gasteiger partial charge in [0.2, 0.25) is 0 Å². The van der Waals surface area contributed by atoms with Crippen molar-refractivity contribution in [3.05, 3.63) is 0 Å². The predicted octanol–water partition coefficient (Wildman–Crippen LogP) is 1.34. The molecular formula is C2H8O3P3+. The Balaban J connectivity index is 3.06. The summed E-state index contributed by atoms with van der Waals surface area (Å²) in [4.78, 5) is 0. The minimum absolute atomic E-state index is 0.347. The summed E-state index contributed by atoms with van der Waals surface area (Å²) in [5.41, 5.74) is 0. The van der Waals surface area contributed by atoms with Crippen LogP contribution in [-0.2, 0) is 13.6 Å². The lowest BCUT2D eigenvalue weighted by Crippen LogP contribution is -1.77. The molecule has 0 bridgehead atoms. The third kappa shape index (κ3) is 5.03. The van der Waals surface area contributed by atoms with Gasteiger partial charge in [0.05, 0.1) is 0 Å². The summed E-state index contributed by atoms with van der Waals surface area (Å²) in [6.45, 7) is 0. The Hall–Kier alpha value is 0.880. The van der Waals surface area contributed by atoms with Gasteiger partial charge in [0.15, 0.2) is 0 Å². The first kappa shape index (κ1) is 8.88. The lowest BCUT2D eigenvalue weighted by atomic mass is 11.7. The molecule has 0 radical (unpaired) electrons. The Bertz CT molecular complexity index is 66.9. The van der Waals surface area contributed by atoms with Gasteiger partial charge in [0.25, 0.3) is 0 Å². The molecule has 0 aromatic rings. The van der Waals surface area contributed by atoms with Crippen molar-refractivity contribution in [3.63, 3.8) is 0 Å². The van der Waals surface area contributed by atoms with Crippen LogP contribution in [0.5, 0.6) is 0 Å². The zero-order valence-electron chi connectivity index (χ0n) is 4.24. The van der Waals surface area contributed by atoms with Crippen molar-refractivity contribution in [1.82, 2.24) is 0 Å². The van der Waals surface area contributed by atoms with E-state index in [0.717, 1.165) is 0 Å². The highest BCUT2D eigenvalue weighted by Crippen LogP contribution is 2.24. The van der Waals surface area contributed by atoms with Crippen LogP contribution in [0.4, 0.5) is 0 Å². The zero-order chi connectivity index (χ0) is 6.41. The molecule has 0 heterocycles. The van der Waals surface area contributed by atoms with Crippen LogP contribution in [0.1, 0.15) is 0 Å². The predicted molar refractivity (Wildman–Crippen MR) is 38.9 cm³/mol. The molecule has 0 N–H and O–H groups in total. The Morgan fingerprint density at radius 1 is 1.25 bits per heavy atom. The van der Waals surface area contributed by atoms with Crippen LogP contribution in [-0.4, -0.2) is 12.7 Å². The lowest BCUT2D eigenvalue weighted by Gasteiger charge is -1.78. The zero-order valence-corrected chi connectivity index (χ0v) is 7.44. The van der Waals surface area contributed by atoms with E-state index in [1.165, 1.54) is 0 Å². The highest BCUT2D eigenvalue weighted by molar-refractivity contribution is 7.34. The van der Waals surface area contributed by atoms with E-state index >= 15 is 0 Å². The summed E-state index contributed by atoms with van der Waals surface area (Å²) in [6, 6.07) is 0. The Morgan fingerprint density at radius 2 is 1.62 bits per heavy atom. The molecule has 48 valence electrons. The second kappa shape index (κ2) is 6.01. The third-order valence-electron chi connectivity index (χ3n) is 0.360. The smallest absolute Gasteiger partial charge is 0.115 e. The van der Waals surface area contributed by atoms with Crippen LogP contribution >= 0.6 is 26.7 Å². The average Bonchev–Trinajstić information content (AvgIpc) is 1.68. The van der Waals surface area contributed by atoms with Gasteiger partial charge in [-0.15, -0.1) is 27.5 Å². The maximum absolute atomic E-state index is 10.3. The Morgan fingerprint density at radius 3 is 1.88 bits per heavy atom. The van der Waals surface area contributed by atoms with E-state index in [9.17, 15) is 4.57 Å². The van der Waals surface area contributed by atoms with Gasteiger partial charge >= 0.3 is 8.25 Å². The molecule has 0 aliphatic carbocycles. The molecular weight excluding hydrogens is 165 g/mol. The van der Waals surface area contributed by atoms with Gasteiger partial charge in [-0.05, 0) is 0 Å². The monoisotopic (exact) mass is 173 g/mol. The maximum Gasteiger partial charge on any atom is 0.698 e. The molecule has 0 aliphatic heterocycles. The summed E-state index contributed by atoms with van der Waals surface area (Å²) in [5.74, 6) is 0. The highest BCUT2D eigenvalue weighted by atomic mass is 31.1. The van der Waals surface area contributed by atoms with E-state index in [2.05, 4.69) is 27.5 Å². The van der Waals surface area contributed by atoms with E-state index in [4.69, 9.17) is 0 Å². The molecule has 0 fully saturated rings. The van der Waals surface area contributed by atoms with Gasteiger partial charge in [0, 0.05) is 4.57 Å². The molecule has 0 saturated heterocycles. The van der Waals surface area contributed by atoms with Gasteiger partial charge in [-0.1, -0.05) is 0 Å². The molecule has 2 unspecified atom stereocenters. The van der Waals surface area contributed by atoms with Crippen molar-refractivity contribution < 1.29 is 13.6 Å². The summed E-state index contributed by atoms with van der Waals surface area (Å²) in [5, 5.41) is 0. The van der Waals surface area contributed by atoms with E-state index < -0.39 is 8.25 Å². The van der Waals surface area contributed by atoms with Crippen molar-refractivity contribution in [3.8, 4) is 0 Å². The van der Waals surface area contributed by atoms with Crippen molar-refractivity contribution in [2.45, 2.75) is 0 Å². The highest BCUT2D eigenvalue weighted by Gasteiger charge is 2.16. The molecule has 0 aromatic heterocycles. The first-order chi connectivity index (χ1) is 3.81. The molecule has 0 amide bonds. The van der Waals surface area contributed by atoms with E-state index in [1.54, 1.807) is 0 Å². The summed E-state index contributed by atoms with van der Waals surface area (Å²) in [7, 11) is 2.69. The van der Waals surface area contributed by atoms with Crippen molar-refractivity contribution in [2.24, 2.45) is 0 Å². The summed E-state index contributed by atoms with van der Waals surface area (Å²) < 4.78 is 19.4. The normalized spacial score (nSPS) is 9.25. The third-order valence-corrected chi connectivity index (χ3v) is 1.97. The largest absolute Gasteiger partial charge is 0.698 e. The number of rotatable bonds is 4. The number of hydrogen-bond acceptors (Lipinski definition) is 3. The first-order valence-corrected chi connectivity index (χ1v) is 4.67. The van der Waals surface area contributed by atoms with Crippen LogP contribution in [0.3, 0.4) is 0 Å². The van der Waals surface area contributed by atoms with Gasteiger partial charge in [0.1, 0.15) is 12.7 Å². The van der Waals surface area contributed by atoms with Crippen molar-refractivity contribution in [2.75, 3.05) is 12.7 Å². The molecule has 2 atom stereocenters. The van der Waals surface area contributed by atoms with Crippen LogP contribution in [0.15, 0.2) is 0 Å². The van der Waals surface area contributed by atoms with Crippen LogP contribution in [0.2, 0.25) is 0 Å². The topological polar surface area (TPSA) is 35.5 Å². The summed E-state index contributed by atoms with van der Waals surface area (Å²) in [6.07, 6.45) is 0.694. The van der Waals surface area contributed by atoms with Crippen LogP contribution < -0.4 is 0 Å². The van der Waals surface area contributed by atoms with Gasteiger partial charge < -0.3 is 0 Å². The molecule has 0 spiro atoms. The second-order valence-electron chi connectivity index (χ2n) is 0.815. The SMILES string of the molecule is O=[P+](OCP)OCP. The fraction of sp³-hybridized carbons (Fsp3) is 1.00. The Labute approximate surface area is 53.9 Å².